The second-order valence-corrected chi connectivity index (χ2v) is 7.23. The maximum atomic E-state index is 12.3. The van der Waals surface area contributed by atoms with Crippen LogP contribution in [0.4, 0.5) is 0 Å². The van der Waals surface area contributed by atoms with Gasteiger partial charge in [-0.15, -0.1) is 21.5 Å². The fraction of sp³-hybridized carbons (Fsp3) is 0.0870. The molecule has 0 spiro atoms. The number of carbonyl (C=O) groups excluding carboxylic acids is 1. The van der Waals surface area contributed by atoms with Crippen LogP contribution in [0.25, 0.3) is 21.7 Å². The molecule has 0 saturated heterocycles. The number of hydrogen-bond acceptors (Lipinski definition) is 5. The minimum atomic E-state index is -0.132. The van der Waals surface area contributed by atoms with Gasteiger partial charge in [0.25, 0.3) is 5.91 Å². The van der Waals surface area contributed by atoms with Crippen molar-refractivity contribution in [3.63, 3.8) is 0 Å². The summed E-state index contributed by atoms with van der Waals surface area (Å²) in [5.74, 6) is 0.305. The van der Waals surface area contributed by atoms with E-state index in [1.807, 2.05) is 78.2 Å². The van der Waals surface area contributed by atoms with Crippen molar-refractivity contribution >= 4 is 17.2 Å². The topological polar surface area (TPSA) is 64.1 Å². The summed E-state index contributed by atoms with van der Waals surface area (Å²) >= 11 is 1.61. The normalized spacial score (nSPS) is 10.5. The fourth-order valence-corrected chi connectivity index (χ4v) is 3.51. The summed E-state index contributed by atoms with van der Waals surface area (Å²) in [5.41, 5.74) is 3.64. The molecule has 0 saturated carbocycles. The van der Waals surface area contributed by atoms with E-state index in [-0.39, 0.29) is 5.91 Å². The number of amides is 1. The number of thiophene rings is 1. The third kappa shape index (κ3) is 4.86. The molecule has 0 aliphatic heterocycles. The predicted molar refractivity (Wildman–Crippen MR) is 115 cm³/mol. The van der Waals surface area contributed by atoms with E-state index in [9.17, 15) is 4.79 Å². The predicted octanol–water partition coefficient (Wildman–Crippen LogP) is 4.68. The van der Waals surface area contributed by atoms with E-state index in [1.165, 1.54) is 0 Å². The Morgan fingerprint density at radius 1 is 0.862 bits per heavy atom. The zero-order valence-electron chi connectivity index (χ0n) is 15.6. The molecule has 5 nitrogen and oxygen atoms in total. The van der Waals surface area contributed by atoms with Gasteiger partial charge in [0, 0.05) is 11.6 Å². The molecule has 2 aromatic heterocycles. The average Bonchev–Trinajstić information content (AvgIpc) is 3.33. The average molecular weight is 401 g/mol. The number of carbonyl (C=O) groups is 1. The van der Waals surface area contributed by atoms with Crippen molar-refractivity contribution in [2.45, 2.75) is 0 Å². The number of nitrogens with one attached hydrogen (secondary N) is 1. The molecule has 0 unspecified atom stereocenters. The van der Waals surface area contributed by atoms with Crippen molar-refractivity contribution in [3.8, 4) is 27.6 Å². The van der Waals surface area contributed by atoms with E-state index >= 15 is 0 Å². The first-order valence-electron chi connectivity index (χ1n) is 9.24. The van der Waals surface area contributed by atoms with Crippen molar-refractivity contribution < 1.29 is 9.53 Å². The number of aromatic nitrogens is 2. The van der Waals surface area contributed by atoms with E-state index in [0.717, 1.165) is 21.7 Å². The molecule has 0 atom stereocenters. The highest BCUT2D eigenvalue weighted by Crippen LogP contribution is 2.22. The van der Waals surface area contributed by atoms with Gasteiger partial charge in [0.05, 0.1) is 11.4 Å². The van der Waals surface area contributed by atoms with Gasteiger partial charge in [-0.3, -0.25) is 4.79 Å². The van der Waals surface area contributed by atoms with Gasteiger partial charge in [-0.2, -0.15) is 0 Å². The largest absolute Gasteiger partial charge is 0.475 e. The summed E-state index contributed by atoms with van der Waals surface area (Å²) in [4.78, 5) is 13.4. The van der Waals surface area contributed by atoms with Crippen LogP contribution in [0.3, 0.4) is 0 Å². The third-order valence-electron chi connectivity index (χ3n) is 4.31. The fourth-order valence-electron chi connectivity index (χ4n) is 2.82. The van der Waals surface area contributed by atoms with E-state index in [2.05, 4.69) is 15.5 Å². The first-order valence-corrected chi connectivity index (χ1v) is 10.1. The van der Waals surface area contributed by atoms with Crippen molar-refractivity contribution in [2.75, 3.05) is 13.2 Å². The summed E-state index contributed by atoms with van der Waals surface area (Å²) in [6.07, 6.45) is 0. The zero-order chi connectivity index (χ0) is 19.9. The standard InChI is InChI=1S/C23H19N3O2S/c27-23(19-10-8-18(9-11-19)17-5-2-1-3-6-17)24-14-15-28-22-13-12-20(25-26-22)21-7-4-16-29-21/h1-13,16H,14-15H2,(H,24,27). The van der Waals surface area contributed by atoms with Crippen LogP contribution < -0.4 is 10.1 Å². The summed E-state index contributed by atoms with van der Waals surface area (Å²) in [5, 5.41) is 13.1. The molecule has 0 fully saturated rings. The summed E-state index contributed by atoms with van der Waals surface area (Å²) in [6.45, 7) is 0.703. The Bertz CT molecular complexity index is 1050. The highest BCUT2D eigenvalue weighted by Gasteiger charge is 2.06. The van der Waals surface area contributed by atoms with Crippen LogP contribution in [0.5, 0.6) is 5.88 Å². The second-order valence-electron chi connectivity index (χ2n) is 6.28. The molecule has 0 aliphatic carbocycles. The molecule has 2 heterocycles. The van der Waals surface area contributed by atoms with Gasteiger partial charge in [-0.1, -0.05) is 48.5 Å². The Hall–Kier alpha value is -3.51. The first-order chi connectivity index (χ1) is 14.3. The lowest BCUT2D eigenvalue weighted by molar-refractivity contribution is 0.0946. The molecule has 1 N–H and O–H groups in total. The van der Waals surface area contributed by atoms with Gasteiger partial charge < -0.3 is 10.1 Å². The monoisotopic (exact) mass is 401 g/mol. The second kappa shape index (κ2) is 9.12. The SMILES string of the molecule is O=C(NCCOc1ccc(-c2cccs2)nn1)c1ccc(-c2ccccc2)cc1. The van der Waals surface area contributed by atoms with Gasteiger partial charge in [0.15, 0.2) is 0 Å². The number of benzene rings is 2. The smallest absolute Gasteiger partial charge is 0.251 e. The Labute approximate surface area is 173 Å². The highest BCUT2D eigenvalue weighted by atomic mass is 32.1. The Morgan fingerprint density at radius 3 is 2.34 bits per heavy atom. The van der Waals surface area contributed by atoms with Crippen LogP contribution in [-0.2, 0) is 0 Å². The summed E-state index contributed by atoms with van der Waals surface area (Å²) < 4.78 is 5.56. The van der Waals surface area contributed by atoms with E-state index in [0.29, 0.717) is 24.6 Å². The summed E-state index contributed by atoms with van der Waals surface area (Å²) in [6, 6.07) is 25.2. The lowest BCUT2D eigenvalue weighted by atomic mass is 10.0. The van der Waals surface area contributed by atoms with Crippen molar-refractivity contribution in [1.29, 1.82) is 0 Å². The van der Waals surface area contributed by atoms with Crippen LogP contribution in [-0.4, -0.2) is 29.3 Å². The third-order valence-corrected chi connectivity index (χ3v) is 5.20. The maximum Gasteiger partial charge on any atom is 0.251 e. The van der Waals surface area contributed by atoms with Gasteiger partial charge in [-0.25, -0.2) is 0 Å². The minimum Gasteiger partial charge on any atom is -0.475 e. The number of nitrogens with zero attached hydrogens (tertiary/aromatic N) is 2. The molecular weight excluding hydrogens is 382 g/mol. The van der Waals surface area contributed by atoms with Crippen molar-refractivity contribution in [2.24, 2.45) is 0 Å². The molecule has 6 heteroatoms. The van der Waals surface area contributed by atoms with Crippen LogP contribution in [0.15, 0.2) is 84.2 Å². The molecule has 0 aliphatic rings. The van der Waals surface area contributed by atoms with Crippen LogP contribution >= 0.6 is 11.3 Å². The highest BCUT2D eigenvalue weighted by molar-refractivity contribution is 7.13. The molecule has 0 bridgehead atoms. The minimum absolute atomic E-state index is 0.132. The number of hydrogen-bond donors (Lipinski definition) is 1. The molecular formula is C23H19N3O2S. The quantitative estimate of drug-likeness (QED) is 0.457. The Kier molecular flexibility index (Phi) is 5.92. The lowest BCUT2D eigenvalue weighted by Gasteiger charge is -2.08. The van der Waals surface area contributed by atoms with Crippen LogP contribution in [0, 0.1) is 0 Å². The molecule has 144 valence electrons. The van der Waals surface area contributed by atoms with Crippen LogP contribution in [0.1, 0.15) is 10.4 Å². The molecule has 0 radical (unpaired) electrons. The molecule has 4 aromatic rings. The van der Waals surface area contributed by atoms with E-state index in [1.54, 1.807) is 17.4 Å². The maximum absolute atomic E-state index is 12.3. The molecule has 2 aromatic carbocycles. The molecule has 1 amide bonds. The van der Waals surface area contributed by atoms with Crippen LogP contribution in [0.2, 0.25) is 0 Å². The first kappa shape index (κ1) is 18.8. The number of rotatable bonds is 7. The van der Waals surface area contributed by atoms with Crippen molar-refractivity contribution in [3.05, 3.63) is 89.8 Å². The van der Waals surface area contributed by atoms with Gasteiger partial charge in [0.2, 0.25) is 5.88 Å². The van der Waals surface area contributed by atoms with E-state index in [4.69, 9.17) is 4.74 Å². The Morgan fingerprint density at radius 2 is 1.66 bits per heavy atom. The molecule has 4 rings (SSSR count). The molecule has 29 heavy (non-hydrogen) atoms. The van der Waals surface area contributed by atoms with Gasteiger partial charge in [0.1, 0.15) is 12.3 Å². The lowest BCUT2D eigenvalue weighted by Crippen LogP contribution is -2.28. The van der Waals surface area contributed by atoms with E-state index < -0.39 is 0 Å². The number of ether oxygens (including phenoxy) is 1. The Balaban J connectivity index is 1.25. The van der Waals surface area contributed by atoms with Gasteiger partial charge >= 0.3 is 0 Å². The van der Waals surface area contributed by atoms with Crippen molar-refractivity contribution in [1.82, 2.24) is 15.5 Å². The summed E-state index contributed by atoms with van der Waals surface area (Å²) in [7, 11) is 0. The zero-order valence-corrected chi connectivity index (χ0v) is 16.4. The van der Waals surface area contributed by atoms with Gasteiger partial charge in [-0.05, 0) is 40.8 Å².